The van der Waals surface area contributed by atoms with E-state index in [-0.39, 0.29) is 0 Å². The lowest BCUT2D eigenvalue weighted by molar-refractivity contribution is 0.0926. The first kappa shape index (κ1) is 16.3. The van der Waals surface area contributed by atoms with Gasteiger partial charge in [0.15, 0.2) is 0 Å². The largest absolute Gasteiger partial charge is 0.330 e. The highest BCUT2D eigenvalue weighted by Gasteiger charge is 2.37. The number of benzene rings is 1. The molecule has 0 atom stereocenters. The molecule has 1 saturated carbocycles. The number of hydrogen-bond acceptors (Lipinski definition) is 1. The van der Waals surface area contributed by atoms with Crippen LogP contribution in [-0.4, -0.2) is 6.54 Å². The molecule has 0 heterocycles. The molecule has 0 saturated heterocycles. The van der Waals surface area contributed by atoms with E-state index in [1.165, 1.54) is 34.8 Å². The smallest absolute Gasteiger partial charge is 0.0130 e. The van der Waals surface area contributed by atoms with Crippen molar-refractivity contribution in [3.63, 3.8) is 0 Å². The van der Waals surface area contributed by atoms with E-state index < -0.39 is 0 Å². The molecule has 1 aliphatic carbocycles. The molecule has 2 rings (SSSR count). The Bertz CT molecular complexity index is 422. The lowest BCUT2D eigenvalue weighted by Crippen LogP contribution is -2.39. The van der Waals surface area contributed by atoms with Gasteiger partial charge in [0, 0.05) is 3.57 Å². The summed E-state index contributed by atoms with van der Waals surface area (Å²) in [6.07, 6.45) is 6.41. The third-order valence-electron chi connectivity index (χ3n) is 5.20. The van der Waals surface area contributed by atoms with E-state index in [9.17, 15) is 0 Å². The third-order valence-corrected chi connectivity index (χ3v) is 5.92. The number of halogens is 1. The van der Waals surface area contributed by atoms with Gasteiger partial charge in [-0.25, -0.2) is 0 Å². The van der Waals surface area contributed by atoms with E-state index in [1.54, 1.807) is 0 Å². The van der Waals surface area contributed by atoms with Crippen LogP contribution in [-0.2, 0) is 6.42 Å². The molecule has 1 fully saturated rings. The molecule has 20 heavy (non-hydrogen) atoms. The third kappa shape index (κ3) is 3.97. The fourth-order valence-corrected chi connectivity index (χ4v) is 3.94. The van der Waals surface area contributed by atoms with Gasteiger partial charge < -0.3 is 5.73 Å². The van der Waals surface area contributed by atoms with Crippen LogP contribution in [0.1, 0.15) is 52.0 Å². The van der Waals surface area contributed by atoms with Crippen LogP contribution in [0, 0.1) is 20.3 Å². The number of rotatable bonds is 3. The Labute approximate surface area is 137 Å². The Morgan fingerprint density at radius 2 is 1.70 bits per heavy atom. The maximum Gasteiger partial charge on any atom is 0.0130 e. The normalized spacial score (nSPS) is 27.6. The van der Waals surface area contributed by atoms with Gasteiger partial charge in [-0.15, -0.1) is 0 Å². The van der Waals surface area contributed by atoms with Gasteiger partial charge in [-0.1, -0.05) is 32.9 Å². The maximum absolute atomic E-state index is 6.17. The summed E-state index contributed by atoms with van der Waals surface area (Å²) < 4.78 is 1.31. The van der Waals surface area contributed by atoms with Crippen LogP contribution in [0.25, 0.3) is 0 Å². The van der Waals surface area contributed by atoms with Crippen molar-refractivity contribution >= 4 is 22.6 Å². The molecule has 1 nitrogen and oxygen atoms in total. The van der Waals surface area contributed by atoms with Crippen molar-refractivity contribution in [2.45, 2.75) is 52.9 Å². The molecule has 2 heteroatoms. The minimum absolute atomic E-state index is 0.342. The number of hydrogen-bond donors (Lipinski definition) is 1. The molecule has 0 aromatic heterocycles. The predicted molar refractivity (Wildman–Crippen MR) is 95.8 cm³/mol. The monoisotopic (exact) mass is 385 g/mol. The SMILES string of the molecule is CC(C)(C)C1CCC(CN)(Cc2ccc(I)cc2)CC1. The molecule has 0 unspecified atom stereocenters. The summed E-state index contributed by atoms with van der Waals surface area (Å²) in [5.41, 5.74) is 8.41. The fourth-order valence-electron chi connectivity index (χ4n) is 3.58. The van der Waals surface area contributed by atoms with Crippen LogP contribution in [0.2, 0.25) is 0 Å². The Morgan fingerprint density at radius 1 is 1.15 bits per heavy atom. The van der Waals surface area contributed by atoms with Crippen molar-refractivity contribution in [1.29, 1.82) is 0 Å². The highest BCUT2D eigenvalue weighted by Crippen LogP contribution is 2.46. The van der Waals surface area contributed by atoms with E-state index >= 15 is 0 Å². The highest BCUT2D eigenvalue weighted by molar-refractivity contribution is 14.1. The first-order chi connectivity index (χ1) is 9.35. The van der Waals surface area contributed by atoms with Gasteiger partial charge in [0.2, 0.25) is 0 Å². The second-order valence-electron chi connectivity index (χ2n) is 7.65. The maximum atomic E-state index is 6.17. The van der Waals surface area contributed by atoms with Crippen molar-refractivity contribution in [2.24, 2.45) is 22.5 Å². The lowest BCUT2D eigenvalue weighted by Gasteiger charge is -2.44. The first-order valence-electron chi connectivity index (χ1n) is 7.79. The van der Waals surface area contributed by atoms with Gasteiger partial charge in [0.1, 0.15) is 0 Å². The molecule has 0 radical (unpaired) electrons. The average Bonchev–Trinajstić information content (AvgIpc) is 2.41. The van der Waals surface area contributed by atoms with Crippen LogP contribution in [0.15, 0.2) is 24.3 Å². The van der Waals surface area contributed by atoms with Crippen LogP contribution < -0.4 is 5.73 Å². The van der Waals surface area contributed by atoms with Crippen molar-refractivity contribution in [3.05, 3.63) is 33.4 Å². The zero-order valence-electron chi connectivity index (χ0n) is 13.1. The summed E-state index contributed by atoms with van der Waals surface area (Å²) in [5.74, 6) is 0.860. The minimum Gasteiger partial charge on any atom is -0.330 e. The molecule has 0 aliphatic heterocycles. The Kier molecular flexibility index (Phi) is 5.17. The van der Waals surface area contributed by atoms with Gasteiger partial charge in [-0.05, 0) is 95.7 Å². The molecular weight excluding hydrogens is 357 g/mol. The molecule has 0 spiro atoms. The Hall–Kier alpha value is -0.0900. The topological polar surface area (TPSA) is 26.0 Å². The number of nitrogens with two attached hydrogens (primary N) is 1. The van der Waals surface area contributed by atoms with Gasteiger partial charge >= 0.3 is 0 Å². The summed E-state index contributed by atoms with van der Waals surface area (Å²) in [6.45, 7) is 7.97. The van der Waals surface area contributed by atoms with E-state index in [1.807, 2.05) is 0 Å². The summed E-state index contributed by atoms with van der Waals surface area (Å²) >= 11 is 2.37. The molecule has 1 aromatic carbocycles. The molecule has 1 aliphatic rings. The van der Waals surface area contributed by atoms with Crippen LogP contribution in [0.3, 0.4) is 0 Å². The van der Waals surface area contributed by atoms with Gasteiger partial charge in [0.05, 0.1) is 0 Å². The van der Waals surface area contributed by atoms with Crippen LogP contribution in [0.5, 0.6) is 0 Å². The van der Waals surface area contributed by atoms with Crippen molar-refractivity contribution in [2.75, 3.05) is 6.54 Å². The molecule has 2 N–H and O–H groups in total. The van der Waals surface area contributed by atoms with Crippen LogP contribution in [0.4, 0.5) is 0 Å². The summed E-state index contributed by atoms with van der Waals surface area (Å²) in [7, 11) is 0. The van der Waals surface area contributed by atoms with Crippen molar-refractivity contribution in [3.8, 4) is 0 Å². The molecule has 1 aromatic rings. The van der Waals surface area contributed by atoms with E-state index in [4.69, 9.17) is 5.73 Å². The van der Waals surface area contributed by atoms with E-state index in [0.717, 1.165) is 18.9 Å². The molecule has 0 amide bonds. The summed E-state index contributed by atoms with van der Waals surface area (Å²) in [4.78, 5) is 0. The minimum atomic E-state index is 0.342. The van der Waals surface area contributed by atoms with E-state index in [0.29, 0.717) is 10.8 Å². The standard InChI is InChI=1S/C18H28IN/c1-17(2,3)15-8-10-18(13-20,11-9-15)12-14-4-6-16(19)7-5-14/h4-7,15H,8-13,20H2,1-3H3. The Morgan fingerprint density at radius 3 is 2.15 bits per heavy atom. The Balaban J connectivity index is 2.03. The van der Waals surface area contributed by atoms with Gasteiger partial charge in [-0.2, -0.15) is 0 Å². The molecule has 112 valence electrons. The van der Waals surface area contributed by atoms with Crippen molar-refractivity contribution in [1.82, 2.24) is 0 Å². The lowest BCUT2D eigenvalue weighted by atomic mass is 9.62. The summed E-state index contributed by atoms with van der Waals surface area (Å²) in [6, 6.07) is 8.96. The quantitative estimate of drug-likeness (QED) is 0.727. The predicted octanol–water partition coefficient (Wildman–Crippen LogP) is 5.02. The first-order valence-corrected chi connectivity index (χ1v) is 8.87. The highest BCUT2D eigenvalue weighted by atomic mass is 127. The van der Waals surface area contributed by atoms with E-state index in [2.05, 4.69) is 67.6 Å². The molecule has 0 bridgehead atoms. The fraction of sp³-hybridized carbons (Fsp3) is 0.667. The molecular formula is C18H28IN. The van der Waals surface area contributed by atoms with Crippen LogP contribution >= 0.6 is 22.6 Å². The second kappa shape index (κ2) is 6.35. The zero-order valence-corrected chi connectivity index (χ0v) is 15.2. The second-order valence-corrected chi connectivity index (χ2v) is 8.89. The zero-order chi connectivity index (χ0) is 14.8. The average molecular weight is 385 g/mol. The van der Waals surface area contributed by atoms with Gasteiger partial charge in [0.25, 0.3) is 0 Å². The van der Waals surface area contributed by atoms with Gasteiger partial charge in [-0.3, -0.25) is 0 Å². The summed E-state index contributed by atoms with van der Waals surface area (Å²) in [5, 5.41) is 0. The van der Waals surface area contributed by atoms with Crippen molar-refractivity contribution < 1.29 is 0 Å².